The van der Waals surface area contributed by atoms with Crippen molar-refractivity contribution in [3.63, 3.8) is 0 Å². The second kappa shape index (κ2) is 18.2. The molecule has 3 N–H and O–H groups in total. The van der Waals surface area contributed by atoms with Gasteiger partial charge in [0.05, 0.1) is 0 Å². The zero-order valence-corrected chi connectivity index (χ0v) is 24.5. The summed E-state index contributed by atoms with van der Waals surface area (Å²) in [4.78, 5) is 52.3. The Kier molecular flexibility index (Phi) is 15.9. The molecule has 0 heterocycles. The molecule has 1 aromatic rings. The molecule has 0 aromatic heterocycles. The van der Waals surface area contributed by atoms with Crippen LogP contribution < -0.4 is 11.1 Å². The van der Waals surface area contributed by atoms with E-state index in [9.17, 15) is 19.2 Å². The first kappa shape index (κ1) is 33.9. The summed E-state index contributed by atoms with van der Waals surface area (Å²) in [7, 11) is 0. The van der Waals surface area contributed by atoms with Crippen molar-refractivity contribution in [2.24, 2.45) is 5.73 Å². The Morgan fingerprint density at radius 3 is 2.23 bits per heavy atom. The highest BCUT2D eigenvalue weighted by Crippen LogP contribution is 2.19. The first-order valence-corrected chi connectivity index (χ1v) is 14.2. The number of carbonyl (C=O) groups is 4. The molecule has 1 aromatic carbocycles. The highest BCUT2D eigenvalue weighted by molar-refractivity contribution is 5.86. The number of hydrogen-bond acceptors (Lipinski definition) is 6. The lowest BCUT2D eigenvalue weighted by Crippen LogP contribution is -2.53. The molecular formula is C30H49N3O6. The minimum atomic E-state index is -0.917. The van der Waals surface area contributed by atoms with Crippen LogP contribution in [-0.2, 0) is 30.5 Å². The Hall–Kier alpha value is -3.10. The Balaban J connectivity index is 2.96. The monoisotopic (exact) mass is 547 g/mol. The van der Waals surface area contributed by atoms with Crippen molar-refractivity contribution in [2.45, 2.75) is 123 Å². The molecule has 2 atom stereocenters. The number of alkyl carbamates (subject to hydrolysis) is 1. The van der Waals surface area contributed by atoms with Gasteiger partial charge in [-0.15, -0.1) is 0 Å². The van der Waals surface area contributed by atoms with E-state index in [1.165, 1.54) is 0 Å². The first-order chi connectivity index (χ1) is 18.5. The van der Waals surface area contributed by atoms with Crippen LogP contribution in [0.1, 0.15) is 104 Å². The molecule has 1 rings (SSSR count). The third-order valence-electron chi connectivity index (χ3n) is 6.12. The van der Waals surface area contributed by atoms with Gasteiger partial charge in [0, 0.05) is 25.4 Å². The Bertz CT molecular complexity index is 884. The second-order valence-corrected chi connectivity index (χ2v) is 10.9. The Morgan fingerprint density at radius 2 is 1.64 bits per heavy atom. The first-order valence-electron chi connectivity index (χ1n) is 14.2. The molecule has 0 saturated heterocycles. The van der Waals surface area contributed by atoms with Crippen LogP contribution in [-0.4, -0.2) is 53.0 Å². The van der Waals surface area contributed by atoms with Gasteiger partial charge in [-0.25, -0.2) is 4.79 Å². The topological polar surface area (TPSA) is 128 Å². The number of unbranched alkanes of at least 4 members (excludes halogenated alkanes) is 3. The molecule has 9 nitrogen and oxygen atoms in total. The van der Waals surface area contributed by atoms with Gasteiger partial charge in [0.2, 0.25) is 11.8 Å². The molecule has 220 valence electrons. The summed E-state index contributed by atoms with van der Waals surface area (Å²) in [6.45, 7) is 9.92. The van der Waals surface area contributed by atoms with Gasteiger partial charge in [0.25, 0.3) is 0 Å². The van der Waals surface area contributed by atoms with Gasteiger partial charge in [-0.1, -0.05) is 69.9 Å². The van der Waals surface area contributed by atoms with E-state index < -0.39 is 23.6 Å². The van der Waals surface area contributed by atoms with Crippen molar-refractivity contribution in [3.8, 4) is 0 Å². The van der Waals surface area contributed by atoms with Crippen molar-refractivity contribution >= 4 is 23.9 Å². The molecule has 3 amide bonds. The smallest absolute Gasteiger partial charge is 0.408 e. The normalized spacial score (nSPS) is 12.7. The number of benzene rings is 1. The summed E-state index contributed by atoms with van der Waals surface area (Å²) in [5, 5.41) is 2.71. The van der Waals surface area contributed by atoms with Gasteiger partial charge in [-0.3, -0.25) is 14.4 Å². The van der Waals surface area contributed by atoms with E-state index in [-0.39, 0.29) is 43.8 Å². The molecule has 0 aliphatic rings. The number of nitrogens with zero attached hydrogens (tertiary/aromatic N) is 1. The number of hydrogen-bond donors (Lipinski definition) is 2. The molecule has 0 aliphatic heterocycles. The van der Waals surface area contributed by atoms with E-state index in [2.05, 4.69) is 12.2 Å². The summed E-state index contributed by atoms with van der Waals surface area (Å²) >= 11 is 0. The lowest BCUT2D eigenvalue weighted by molar-refractivity contribution is -0.145. The lowest BCUT2D eigenvalue weighted by Gasteiger charge is -2.34. The molecule has 0 aliphatic carbocycles. The molecule has 0 saturated carbocycles. The minimum Gasteiger partial charge on any atom is -0.461 e. The number of esters is 1. The van der Waals surface area contributed by atoms with E-state index in [4.69, 9.17) is 15.2 Å². The number of primary amides is 1. The number of ether oxygens (including phenoxy) is 2. The van der Waals surface area contributed by atoms with Gasteiger partial charge in [-0.05, 0) is 52.0 Å². The molecule has 0 spiro atoms. The number of nitrogens with one attached hydrogen (secondary N) is 1. The molecule has 0 bridgehead atoms. The SMILES string of the molecule is CCCCCC[C@@H](CC(N)=O)N(CCC)C(=O)[C@H](CCCC(=O)OCc1ccccc1)NC(=O)OC(C)(C)C. The molecule has 9 heteroatoms. The predicted octanol–water partition coefficient (Wildman–Crippen LogP) is 5.25. The van der Waals surface area contributed by atoms with Crippen molar-refractivity contribution in [2.75, 3.05) is 6.54 Å². The predicted molar refractivity (Wildman–Crippen MR) is 152 cm³/mol. The second-order valence-electron chi connectivity index (χ2n) is 10.9. The average molecular weight is 548 g/mol. The van der Waals surface area contributed by atoms with Crippen molar-refractivity contribution in [1.29, 1.82) is 0 Å². The standard InChI is InChI=1S/C30H49N3O6/c1-6-8-9-13-17-24(21-26(31)34)33(20-7-2)28(36)25(32-29(37)39-30(3,4)5)18-14-19-27(35)38-22-23-15-11-10-12-16-23/h10-12,15-16,24-25H,6-9,13-14,17-22H2,1-5H3,(H2,31,34)(H,32,37)/t24-,25-/m0/s1. The van der Waals surface area contributed by atoms with Crippen LogP contribution in [0.25, 0.3) is 0 Å². The molecule has 39 heavy (non-hydrogen) atoms. The lowest BCUT2D eigenvalue weighted by atomic mass is 10.00. The van der Waals surface area contributed by atoms with Gasteiger partial charge in [-0.2, -0.15) is 0 Å². The van der Waals surface area contributed by atoms with Crippen LogP contribution in [0.4, 0.5) is 4.79 Å². The van der Waals surface area contributed by atoms with Gasteiger partial charge < -0.3 is 25.4 Å². The zero-order valence-electron chi connectivity index (χ0n) is 24.5. The van der Waals surface area contributed by atoms with Crippen molar-refractivity contribution in [1.82, 2.24) is 10.2 Å². The van der Waals surface area contributed by atoms with E-state index in [1.807, 2.05) is 37.3 Å². The third kappa shape index (κ3) is 15.2. The van der Waals surface area contributed by atoms with E-state index >= 15 is 0 Å². The Labute approximate surface area is 234 Å². The molecule has 0 radical (unpaired) electrons. The summed E-state index contributed by atoms with van der Waals surface area (Å²) in [6.07, 6.45) is 5.36. The van der Waals surface area contributed by atoms with Gasteiger partial charge in [0.15, 0.2) is 0 Å². The van der Waals surface area contributed by atoms with Gasteiger partial charge in [0.1, 0.15) is 18.2 Å². The summed E-state index contributed by atoms with van der Waals surface area (Å²) < 4.78 is 10.8. The molecule has 0 fully saturated rings. The van der Waals surface area contributed by atoms with E-state index in [0.29, 0.717) is 25.8 Å². The highest BCUT2D eigenvalue weighted by atomic mass is 16.6. The summed E-state index contributed by atoms with van der Waals surface area (Å²) in [6, 6.07) is 8.11. The number of amides is 3. The summed E-state index contributed by atoms with van der Waals surface area (Å²) in [5.74, 6) is -1.15. The summed E-state index contributed by atoms with van der Waals surface area (Å²) in [5.41, 5.74) is 5.70. The maximum Gasteiger partial charge on any atom is 0.408 e. The Morgan fingerprint density at radius 1 is 0.949 bits per heavy atom. The highest BCUT2D eigenvalue weighted by Gasteiger charge is 2.32. The third-order valence-corrected chi connectivity index (χ3v) is 6.12. The number of nitrogens with two attached hydrogens (primary N) is 1. The molecular weight excluding hydrogens is 498 g/mol. The van der Waals surface area contributed by atoms with Gasteiger partial charge >= 0.3 is 12.1 Å². The van der Waals surface area contributed by atoms with Crippen LogP contribution >= 0.6 is 0 Å². The van der Waals surface area contributed by atoms with Crippen LogP contribution in [0.3, 0.4) is 0 Å². The van der Waals surface area contributed by atoms with E-state index in [0.717, 1.165) is 31.2 Å². The zero-order chi connectivity index (χ0) is 29.3. The maximum absolute atomic E-state index is 13.8. The van der Waals surface area contributed by atoms with Crippen LogP contribution in [0.15, 0.2) is 30.3 Å². The quantitative estimate of drug-likeness (QED) is 0.191. The average Bonchev–Trinajstić information content (AvgIpc) is 2.86. The number of rotatable bonds is 18. The van der Waals surface area contributed by atoms with Crippen LogP contribution in [0.5, 0.6) is 0 Å². The number of carbonyl (C=O) groups excluding carboxylic acids is 4. The van der Waals surface area contributed by atoms with Crippen molar-refractivity contribution < 1.29 is 28.7 Å². The fraction of sp³-hybridized carbons (Fsp3) is 0.667. The minimum absolute atomic E-state index is 0.0584. The maximum atomic E-state index is 13.8. The fourth-order valence-corrected chi connectivity index (χ4v) is 4.29. The van der Waals surface area contributed by atoms with Crippen molar-refractivity contribution in [3.05, 3.63) is 35.9 Å². The largest absolute Gasteiger partial charge is 0.461 e. The van der Waals surface area contributed by atoms with E-state index in [1.54, 1.807) is 25.7 Å². The van der Waals surface area contributed by atoms with Crippen LogP contribution in [0.2, 0.25) is 0 Å². The van der Waals surface area contributed by atoms with Crippen LogP contribution in [0, 0.1) is 0 Å². The fourth-order valence-electron chi connectivity index (χ4n) is 4.29. The molecule has 0 unspecified atom stereocenters.